The van der Waals surface area contributed by atoms with Gasteiger partial charge in [-0.1, -0.05) is 176 Å². The molecule has 4 aliphatic rings. The first-order chi connectivity index (χ1) is 26.7. The number of hydrogen-bond acceptors (Lipinski definition) is 1. The Kier molecular flexibility index (Phi) is 7.39. The lowest BCUT2D eigenvalue weighted by Crippen LogP contribution is -2.27. The van der Waals surface area contributed by atoms with E-state index in [0.717, 1.165) is 12.8 Å². The van der Waals surface area contributed by atoms with Gasteiger partial charge in [0.2, 0.25) is 0 Å². The van der Waals surface area contributed by atoms with Gasteiger partial charge < -0.3 is 4.90 Å². The smallest absolute Gasteiger partial charge is 0.0726 e. The van der Waals surface area contributed by atoms with E-state index in [1.54, 1.807) is 0 Å². The zero-order chi connectivity index (χ0) is 38.9. The Morgan fingerprint density at radius 2 is 1.11 bits per heavy atom. The number of fused-ring (bicyclic) bond motifs is 14. The van der Waals surface area contributed by atoms with Gasteiger partial charge in [0.25, 0.3) is 0 Å². The summed E-state index contributed by atoms with van der Waals surface area (Å²) in [7, 11) is 0. The molecular weight excluding hydrogens is 675 g/mol. The molecule has 1 nitrogen and oxygen atoms in total. The van der Waals surface area contributed by atoms with Crippen LogP contribution in [0.4, 0.5) is 11.4 Å². The molecule has 0 saturated carbocycles. The van der Waals surface area contributed by atoms with Crippen LogP contribution < -0.4 is 4.90 Å². The second kappa shape index (κ2) is 11.8. The molecule has 0 aromatic heterocycles. The summed E-state index contributed by atoms with van der Waals surface area (Å²) in [6.07, 6.45) is 6.89. The van der Waals surface area contributed by atoms with Gasteiger partial charge in [0.1, 0.15) is 0 Å². The highest BCUT2D eigenvalue weighted by atomic mass is 15.2. The summed E-state index contributed by atoms with van der Waals surface area (Å²) >= 11 is 0. The van der Waals surface area contributed by atoms with E-state index in [9.17, 15) is 0 Å². The molecule has 6 aromatic carbocycles. The summed E-state index contributed by atoms with van der Waals surface area (Å²) in [5, 5.41) is 0. The Morgan fingerprint density at radius 1 is 0.518 bits per heavy atom. The zero-order valence-electron chi connectivity index (χ0n) is 34.6. The van der Waals surface area contributed by atoms with Crippen LogP contribution in [0.25, 0.3) is 33.4 Å². The minimum atomic E-state index is -0.444. The lowest BCUT2D eigenvalue weighted by atomic mass is 9.69. The number of hydrogen-bond donors (Lipinski definition) is 0. The van der Waals surface area contributed by atoms with Gasteiger partial charge in [-0.3, -0.25) is 0 Å². The van der Waals surface area contributed by atoms with Crippen molar-refractivity contribution in [3.8, 4) is 33.4 Å². The quantitative estimate of drug-likeness (QED) is 0.175. The van der Waals surface area contributed by atoms with Crippen molar-refractivity contribution in [2.45, 2.75) is 91.4 Å². The molecule has 278 valence electrons. The molecule has 0 saturated heterocycles. The number of anilines is 2. The molecule has 1 spiro atoms. The summed E-state index contributed by atoms with van der Waals surface area (Å²) in [5.41, 5.74) is 24.2. The number of allylic oxidation sites excluding steroid dienone is 4. The molecule has 0 heterocycles. The van der Waals surface area contributed by atoms with Crippen molar-refractivity contribution in [1.82, 2.24) is 0 Å². The van der Waals surface area contributed by atoms with E-state index in [0.29, 0.717) is 0 Å². The normalized spacial score (nSPS) is 16.7. The molecule has 6 aromatic rings. The van der Waals surface area contributed by atoms with Crippen LogP contribution in [0.2, 0.25) is 0 Å². The summed E-state index contributed by atoms with van der Waals surface area (Å²) in [5.74, 6) is 0. The largest absolute Gasteiger partial charge is 0.314 e. The average molecular weight is 728 g/mol. The number of benzene rings is 6. The van der Waals surface area contributed by atoms with Crippen molar-refractivity contribution >= 4 is 11.4 Å². The van der Waals surface area contributed by atoms with Gasteiger partial charge >= 0.3 is 0 Å². The molecule has 0 N–H and O–H groups in total. The minimum Gasteiger partial charge on any atom is -0.314 e. The summed E-state index contributed by atoms with van der Waals surface area (Å²) in [6, 6.07) is 47.1. The standard InChI is InChI=1S/C55H53N/c1-34-22-31-42-46(32-34)55(44-20-14-10-16-39(44)40-17-11-15-21-45(40)55)47-33-48(50-41-18-12-13-19-43(41)54(8,9)51(50)49(42)47)56(37-27-23-35(24-28-37)52(2,3)4)38-29-25-36(26-30-38)53(5,6)7/h10-25,27-29,31-33H,26,30H2,1-9H3. The Bertz CT molecular complexity index is 2640. The van der Waals surface area contributed by atoms with E-state index in [1.165, 1.54) is 101 Å². The lowest BCUT2D eigenvalue weighted by molar-refractivity contribution is 0.479. The third-order valence-electron chi connectivity index (χ3n) is 13.6. The van der Waals surface area contributed by atoms with E-state index in [4.69, 9.17) is 0 Å². The van der Waals surface area contributed by atoms with Crippen LogP contribution in [0.3, 0.4) is 0 Å². The van der Waals surface area contributed by atoms with Crippen LogP contribution in [0.1, 0.15) is 113 Å². The molecule has 1 heteroatoms. The molecular formula is C55H53N. The number of rotatable bonds is 3. The highest BCUT2D eigenvalue weighted by molar-refractivity contribution is 6.04. The second-order valence-corrected chi connectivity index (χ2v) is 19.4. The molecule has 0 atom stereocenters. The van der Waals surface area contributed by atoms with Crippen LogP contribution in [0.15, 0.2) is 145 Å². The van der Waals surface area contributed by atoms with E-state index in [2.05, 4.69) is 201 Å². The summed E-state index contributed by atoms with van der Waals surface area (Å²) in [4.78, 5) is 2.65. The summed E-state index contributed by atoms with van der Waals surface area (Å²) < 4.78 is 0. The minimum absolute atomic E-state index is 0.0646. The molecule has 0 bridgehead atoms. The van der Waals surface area contributed by atoms with Crippen molar-refractivity contribution in [2.75, 3.05) is 4.90 Å². The average Bonchev–Trinajstić information content (AvgIpc) is 3.73. The maximum atomic E-state index is 2.65. The predicted octanol–water partition coefficient (Wildman–Crippen LogP) is 14.7. The Balaban J connectivity index is 1.37. The summed E-state index contributed by atoms with van der Waals surface area (Å²) in [6.45, 7) is 21.2. The Morgan fingerprint density at radius 3 is 1.70 bits per heavy atom. The molecule has 56 heavy (non-hydrogen) atoms. The zero-order valence-corrected chi connectivity index (χ0v) is 34.6. The van der Waals surface area contributed by atoms with E-state index in [1.807, 2.05) is 0 Å². The molecule has 0 unspecified atom stereocenters. The maximum absolute atomic E-state index is 2.65. The SMILES string of the molecule is Cc1ccc2c(c1)C1(c3ccccc3-c3ccccc31)c1cc(N(C3=CC=C(C(C)(C)C)CC3)c3ccc(C(C)(C)C)cc3)c3c(c1-2)C(C)(C)c1ccccc1-3. The van der Waals surface area contributed by atoms with Gasteiger partial charge in [-0.25, -0.2) is 0 Å². The molecule has 0 radical (unpaired) electrons. The van der Waals surface area contributed by atoms with Crippen molar-refractivity contribution in [3.63, 3.8) is 0 Å². The fourth-order valence-corrected chi connectivity index (χ4v) is 10.9. The van der Waals surface area contributed by atoms with Crippen LogP contribution in [0, 0.1) is 12.3 Å². The van der Waals surface area contributed by atoms with Crippen LogP contribution in [0.5, 0.6) is 0 Å². The van der Waals surface area contributed by atoms with Gasteiger partial charge in [-0.05, 0) is 122 Å². The van der Waals surface area contributed by atoms with Crippen molar-refractivity contribution < 1.29 is 0 Å². The first-order valence-electron chi connectivity index (χ1n) is 20.7. The van der Waals surface area contributed by atoms with Crippen molar-refractivity contribution in [3.05, 3.63) is 189 Å². The van der Waals surface area contributed by atoms with Gasteiger partial charge in [0.15, 0.2) is 0 Å². The molecule has 0 fully saturated rings. The van der Waals surface area contributed by atoms with Gasteiger partial charge in [0.05, 0.1) is 11.1 Å². The fraction of sp³-hybridized carbons (Fsp3) is 0.273. The van der Waals surface area contributed by atoms with Crippen LogP contribution in [-0.2, 0) is 16.2 Å². The molecule has 0 aliphatic heterocycles. The molecule has 0 amide bonds. The van der Waals surface area contributed by atoms with Gasteiger partial charge in [-0.15, -0.1) is 0 Å². The maximum Gasteiger partial charge on any atom is 0.0726 e. The van der Waals surface area contributed by atoms with E-state index >= 15 is 0 Å². The predicted molar refractivity (Wildman–Crippen MR) is 237 cm³/mol. The van der Waals surface area contributed by atoms with Crippen molar-refractivity contribution in [1.29, 1.82) is 0 Å². The first-order valence-corrected chi connectivity index (χ1v) is 20.7. The number of nitrogens with zero attached hydrogens (tertiary/aromatic N) is 1. The fourth-order valence-electron chi connectivity index (χ4n) is 10.9. The third kappa shape index (κ3) is 4.73. The third-order valence-corrected chi connectivity index (χ3v) is 13.6. The monoisotopic (exact) mass is 727 g/mol. The van der Waals surface area contributed by atoms with Gasteiger partial charge in [0, 0.05) is 22.4 Å². The molecule has 10 rings (SSSR count). The second-order valence-electron chi connectivity index (χ2n) is 19.4. The van der Waals surface area contributed by atoms with E-state index in [-0.39, 0.29) is 16.2 Å². The Labute approximate surface area is 334 Å². The van der Waals surface area contributed by atoms with E-state index < -0.39 is 5.41 Å². The number of aryl methyl sites for hydroxylation is 1. The highest BCUT2D eigenvalue weighted by Crippen LogP contribution is 2.68. The lowest BCUT2D eigenvalue weighted by Gasteiger charge is -2.36. The van der Waals surface area contributed by atoms with Gasteiger partial charge in [-0.2, -0.15) is 0 Å². The van der Waals surface area contributed by atoms with Crippen LogP contribution >= 0.6 is 0 Å². The Hall–Kier alpha value is -5.40. The topological polar surface area (TPSA) is 3.24 Å². The highest BCUT2D eigenvalue weighted by Gasteiger charge is 2.55. The van der Waals surface area contributed by atoms with Crippen molar-refractivity contribution in [2.24, 2.45) is 5.41 Å². The molecule has 4 aliphatic carbocycles. The first kappa shape index (κ1) is 35.0. The van der Waals surface area contributed by atoms with Crippen LogP contribution in [-0.4, -0.2) is 0 Å².